The van der Waals surface area contributed by atoms with Crippen LogP contribution in [0.3, 0.4) is 0 Å². The molecule has 0 saturated heterocycles. The van der Waals surface area contributed by atoms with E-state index in [2.05, 4.69) is 21.3 Å². The zero-order valence-electron chi connectivity index (χ0n) is 22.3. The molecule has 0 bridgehead atoms. The highest BCUT2D eigenvalue weighted by Crippen LogP contribution is 2.14. The number of nitrogens with one attached hydrogen (secondary N) is 5. The third-order valence-electron chi connectivity index (χ3n) is 5.93. The summed E-state index contributed by atoms with van der Waals surface area (Å²) in [7, 11) is 0. The highest BCUT2D eigenvalue weighted by Gasteiger charge is 2.42. The van der Waals surface area contributed by atoms with Crippen molar-refractivity contribution >= 4 is 29.7 Å². The minimum atomic E-state index is -2.39. The molecule has 41 heavy (non-hydrogen) atoms. The summed E-state index contributed by atoms with van der Waals surface area (Å²) < 4.78 is 0. The Balaban J connectivity index is 2.38. The first kappa shape index (κ1) is 32.0. The Morgan fingerprint density at radius 2 is 1.51 bits per heavy atom. The normalized spacial score (nSPS) is 13.5. The van der Waals surface area contributed by atoms with Crippen molar-refractivity contribution in [2.45, 2.75) is 50.4 Å². The molecular formula is C26H33N7O8. The fourth-order valence-corrected chi connectivity index (χ4v) is 4.02. The molecule has 220 valence electrons. The molecule has 0 aliphatic rings. The van der Waals surface area contributed by atoms with E-state index < -0.39 is 65.3 Å². The van der Waals surface area contributed by atoms with Gasteiger partial charge < -0.3 is 37.2 Å². The van der Waals surface area contributed by atoms with E-state index in [1.54, 1.807) is 42.5 Å². The van der Waals surface area contributed by atoms with Crippen molar-refractivity contribution in [3.05, 3.63) is 75.8 Å². The first-order valence-electron chi connectivity index (χ1n) is 12.5. The number of guanidine groups is 1. The van der Waals surface area contributed by atoms with E-state index in [0.29, 0.717) is 11.1 Å². The first-order valence-corrected chi connectivity index (χ1v) is 12.5. The molecule has 0 aliphatic carbocycles. The molecule has 0 fully saturated rings. The van der Waals surface area contributed by atoms with Crippen LogP contribution >= 0.6 is 0 Å². The number of hydrogen-bond donors (Lipinski definition) is 8. The fraction of sp³-hybridized carbons (Fsp3) is 0.346. The van der Waals surface area contributed by atoms with Gasteiger partial charge in [0.2, 0.25) is 29.9 Å². The number of amides is 3. The molecule has 0 radical (unpaired) electrons. The van der Waals surface area contributed by atoms with E-state index in [1.165, 1.54) is 19.1 Å². The first-order chi connectivity index (χ1) is 19.3. The molecule has 0 saturated carbocycles. The van der Waals surface area contributed by atoms with E-state index >= 15 is 0 Å². The average molecular weight is 572 g/mol. The molecule has 1 unspecified atom stereocenters. The molecule has 2 rings (SSSR count). The monoisotopic (exact) mass is 571 g/mol. The zero-order chi connectivity index (χ0) is 30.6. The molecule has 3 atom stereocenters. The van der Waals surface area contributed by atoms with Crippen LogP contribution in [0.5, 0.6) is 5.75 Å². The highest BCUT2D eigenvalue weighted by molar-refractivity contribution is 5.95. The Morgan fingerprint density at radius 1 is 0.951 bits per heavy atom. The van der Waals surface area contributed by atoms with Gasteiger partial charge in [-0.15, -0.1) is 0 Å². The molecule has 2 aromatic rings. The molecule has 0 aromatic heterocycles. The second-order valence-corrected chi connectivity index (χ2v) is 9.27. The van der Waals surface area contributed by atoms with Gasteiger partial charge in [0, 0.05) is 37.5 Å². The van der Waals surface area contributed by atoms with E-state index in [4.69, 9.17) is 11.1 Å². The SMILES string of the molecule is CC(=O)N[C@@H](Cc1ccc(O)cc1)C(=O)NC(Cc1ccccc1)C(=O)N[C@@](CCC[N+](=O)[O-])(NC(=N)N)C(=O)O. The molecule has 15 heteroatoms. The number of phenolic OH excluding ortho intramolecular Hbond substituents is 1. The number of aliphatic carboxylic acids is 1. The predicted molar refractivity (Wildman–Crippen MR) is 146 cm³/mol. The third kappa shape index (κ3) is 10.5. The molecular weight excluding hydrogens is 538 g/mol. The zero-order valence-corrected chi connectivity index (χ0v) is 22.3. The number of nitro groups is 1. The van der Waals surface area contributed by atoms with Crippen molar-refractivity contribution in [1.82, 2.24) is 21.3 Å². The van der Waals surface area contributed by atoms with Crippen molar-refractivity contribution in [3.63, 3.8) is 0 Å². The standard InChI is InChI=1S/C26H33N7O8/c1-16(34)29-20(15-18-8-10-19(35)11-9-18)22(36)30-21(14-17-6-3-2-4-7-17)23(37)31-26(24(38)39,32-25(27)28)12-5-13-33(40)41/h2-4,6-11,20-21,35H,5,12-15H2,1H3,(H,29,34)(H,30,36)(H,31,37)(H,38,39)(H4,27,28,32)/t20-,21?,26-/m0/s1. The van der Waals surface area contributed by atoms with Gasteiger partial charge in [-0.3, -0.25) is 29.9 Å². The van der Waals surface area contributed by atoms with Crippen molar-refractivity contribution < 1.29 is 34.3 Å². The number of carbonyl (C=O) groups excluding carboxylic acids is 3. The maximum Gasteiger partial charge on any atom is 0.350 e. The number of carboxylic acid groups (broad SMARTS) is 1. The molecule has 9 N–H and O–H groups in total. The summed E-state index contributed by atoms with van der Waals surface area (Å²) in [6.07, 6.45) is -0.866. The Kier molecular flexibility index (Phi) is 11.6. The van der Waals surface area contributed by atoms with Gasteiger partial charge in [0.15, 0.2) is 5.96 Å². The molecule has 0 heterocycles. The molecule has 3 amide bonds. The summed E-state index contributed by atoms with van der Waals surface area (Å²) in [5.74, 6) is -4.71. The van der Waals surface area contributed by atoms with Gasteiger partial charge in [-0.1, -0.05) is 42.5 Å². The van der Waals surface area contributed by atoms with Crippen LogP contribution in [-0.2, 0) is 32.0 Å². The van der Waals surface area contributed by atoms with Gasteiger partial charge in [0.1, 0.15) is 17.8 Å². The highest BCUT2D eigenvalue weighted by atomic mass is 16.6. The number of rotatable bonds is 15. The van der Waals surface area contributed by atoms with Gasteiger partial charge in [-0.25, -0.2) is 4.79 Å². The second kappa shape index (κ2) is 14.8. The molecule has 0 spiro atoms. The van der Waals surface area contributed by atoms with E-state index in [0.717, 1.165) is 0 Å². The Morgan fingerprint density at radius 3 is 2.02 bits per heavy atom. The maximum absolute atomic E-state index is 13.5. The average Bonchev–Trinajstić information content (AvgIpc) is 2.88. The predicted octanol–water partition coefficient (Wildman–Crippen LogP) is -0.396. The smallest absolute Gasteiger partial charge is 0.350 e. The lowest BCUT2D eigenvalue weighted by Crippen LogP contribution is -2.69. The Hall–Kier alpha value is -5.21. The van der Waals surface area contributed by atoms with Gasteiger partial charge >= 0.3 is 5.97 Å². The number of nitrogens with two attached hydrogens (primary N) is 1. The number of carbonyl (C=O) groups is 4. The minimum absolute atomic E-state index is 0.00757. The topological polar surface area (TPSA) is 250 Å². The van der Waals surface area contributed by atoms with Crippen LogP contribution in [0.25, 0.3) is 0 Å². The minimum Gasteiger partial charge on any atom is -0.508 e. The number of phenols is 1. The van der Waals surface area contributed by atoms with Crippen LogP contribution in [0.15, 0.2) is 54.6 Å². The summed E-state index contributed by atoms with van der Waals surface area (Å²) >= 11 is 0. The van der Waals surface area contributed by atoms with Gasteiger partial charge in [0.05, 0.1) is 0 Å². The summed E-state index contributed by atoms with van der Waals surface area (Å²) in [6, 6.07) is 12.0. The summed E-state index contributed by atoms with van der Waals surface area (Å²) in [5, 5.41) is 47.4. The Labute approximate surface area is 235 Å². The largest absolute Gasteiger partial charge is 0.508 e. The van der Waals surface area contributed by atoms with Crippen LogP contribution < -0.4 is 27.0 Å². The third-order valence-corrected chi connectivity index (χ3v) is 5.93. The van der Waals surface area contributed by atoms with Crippen molar-refractivity contribution in [1.29, 1.82) is 5.41 Å². The van der Waals surface area contributed by atoms with Crippen LogP contribution in [-0.4, -0.2) is 69.1 Å². The van der Waals surface area contributed by atoms with Crippen LogP contribution in [0, 0.1) is 15.5 Å². The summed E-state index contributed by atoms with van der Waals surface area (Å²) in [4.78, 5) is 61.2. The van der Waals surface area contributed by atoms with Crippen LogP contribution in [0.4, 0.5) is 0 Å². The maximum atomic E-state index is 13.5. The molecule has 15 nitrogen and oxygen atoms in total. The van der Waals surface area contributed by atoms with Gasteiger partial charge in [-0.05, 0) is 23.3 Å². The van der Waals surface area contributed by atoms with Gasteiger partial charge in [-0.2, -0.15) is 0 Å². The van der Waals surface area contributed by atoms with Crippen LogP contribution in [0.2, 0.25) is 0 Å². The van der Waals surface area contributed by atoms with E-state index in [-0.39, 0.29) is 25.0 Å². The quantitative estimate of drug-likeness (QED) is 0.0451. The number of hydrogen-bond acceptors (Lipinski definition) is 8. The lowest BCUT2D eigenvalue weighted by atomic mass is 9.99. The van der Waals surface area contributed by atoms with Crippen LogP contribution in [0.1, 0.15) is 30.9 Å². The fourth-order valence-electron chi connectivity index (χ4n) is 4.02. The number of aromatic hydroxyl groups is 1. The summed E-state index contributed by atoms with van der Waals surface area (Å²) in [5.41, 5.74) is 4.19. The number of benzene rings is 2. The van der Waals surface area contributed by atoms with Crippen molar-refractivity contribution in [3.8, 4) is 5.75 Å². The Bertz CT molecular complexity index is 1260. The van der Waals surface area contributed by atoms with E-state index in [1.807, 2.05) is 0 Å². The van der Waals surface area contributed by atoms with E-state index in [9.17, 15) is 39.5 Å². The number of nitrogens with zero attached hydrogens (tertiary/aromatic N) is 1. The molecule has 2 aromatic carbocycles. The second-order valence-electron chi connectivity index (χ2n) is 9.27. The lowest BCUT2D eigenvalue weighted by molar-refractivity contribution is -0.480. The van der Waals surface area contributed by atoms with Gasteiger partial charge in [0.25, 0.3) is 0 Å². The summed E-state index contributed by atoms with van der Waals surface area (Å²) in [6.45, 7) is 0.606. The molecule has 0 aliphatic heterocycles. The van der Waals surface area contributed by atoms with Crippen molar-refractivity contribution in [2.24, 2.45) is 5.73 Å². The van der Waals surface area contributed by atoms with Crippen molar-refractivity contribution in [2.75, 3.05) is 6.54 Å². The number of carboxylic acids is 1. The lowest BCUT2D eigenvalue weighted by Gasteiger charge is -2.33.